The number of rotatable bonds is 7. The lowest BCUT2D eigenvalue weighted by Crippen LogP contribution is -2.39. The number of hydrogen-bond donors (Lipinski definition) is 3. The maximum Gasteiger partial charge on any atom is 0.405 e. The van der Waals surface area contributed by atoms with Gasteiger partial charge in [0.15, 0.2) is 5.11 Å². The molecule has 3 N–H and O–H groups in total. The van der Waals surface area contributed by atoms with E-state index in [1.807, 2.05) is 12.2 Å². The summed E-state index contributed by atoms with van der Waals surface area (Å²) in [5, 5.41) is 9.81. The Bertz CT molecular complexity index is 715. The third-order valence-electron chi connectivity index (χ3n) is 3.00. The number of nitrogens with one attached hydrogen (secondary N) is 3. The molecule has 0 spiro atoms. The fourth-order valence-corrected chi connectivity index (χ4v) is 2.14. The molecule has 0 atom stereocenters. The van der Waals surface area contributed by atoms with Crippen molar-refractivity contribution in [1.29, 1.82) is 0 Å². The Kier molecular flexibility index (Phi) is 9.22. The van der Waals surface area contributed by atoms with Crippen molar-refractivity contribution >= 4 is 46.0 Å². The Labute approximate surface area is 165 Å². The molecule has 0 bridgehead atoms. The molecule has 0 fully saturated rings. The van der Waals surface area contributed by atoms with E-state index in [0.29, 0.717) is 22.7 Å². The lowest BCUT2D eigenvalue weighted by Gasteiger charge is -2.12. The van der Waals surface area contributed by atoms with Crippen molar-refractivity contribution in [3.8, 4) is 0 Å². The molecule has 148 valence electrons. The van der Waals surface area contributed by atoms with Crippen LogP contribution < -0.4 is 16.2 Å². The van der Waals surface area contributed by atoms with Gasteiger partial charge in [0.2, 0.25) is 0 Å². The molecular formula is C16H19F4N5S2. The van der Waals surface area contributed by atoms with Gasteiger partial charge in [0.1, 0.15) is 18.1 Å². The average molecular weight is 421 g/mol. The van der Waals surface area contributed by atoms with Crippen molar-refractivity contribution in [1.82, 2.24) is 16.2 Å². The zero-order valence-electron chi connectivity index (χ0n) is 14.7. The zero-order chi connectivity index (χ0) is 20.4. The molecule has 5 nitrogen and oxygen atoms in total. The van der Waals surface area contributed by atoms with Gasteiger partial charge in [-0.2, -0.15) is 23.4 Å². The lowest BCUT2D eigenvalue weighted by atomic mass is 10.1. The van der Waals surface area contributed by atoms with Gasteiger partial charge in [0, 0.05) is 5.56 Å². The van der Waals surface area contributed by atoms with E-state index in [-0.39, 0.29) is 10.8 Å². The second kappa shape index (κ2) is 10.9. The number of hydrogen-bond acceptors (Lipinski definition) is 4. The van der Waals surface area contributed by atoms with E-state index in [0.717, 1.165) is 6.42 Å². The Morgan fingerprint density at radius 2 is 1.70 bits per heavy atom. The van der Waals surface area contributed by atoms with Gasteiger partial charge in [-0.15, -0.1) is 0 Å². The minimum absolute atomic E-state index is 0.262. The third kappa shape index (κ3) is 9.38. The van der Waals surface area contributed by atoms with Gasteiger partial charge in [-0.05, 0) is 56.2 Å². The quantitative estimate of drug-likeness (QED) is 0.272. The molecule has 1 aromatic carbocycles. The van der Waals surface area contributed by atoms with E-state index < -0.39 is 18.5 Å². The second-order valence-corrected chi connectivity index (χ2v) is 6.26. The van der Waals surface area contributed by atoms with E-state index in [4.69, 9.17) is 24.4 Å². The number of nitrogens with zero attached hydrogens (tertiary/aromatic N) is 2. The fraction of sp³-hybridized carbons (Fsp3) is 0.375. The molecule has 1 aromatic rings. The van der Waals surface area contributed by atoms with E-state index in [9.17, 15) is 17.6 Å². The van der Waals surface area contributed by atoms with E-state index >= 15 is 0 Å². The summed E-state index contributed by atoms with van der Waals surface area (Å²) < 4.78 is 49.8. The molecule has 0 aliphatic heterocycles. The highest BCUT2D eigenvalue weighted by molar-refractivity contribution is 7.80. The van der Waals surface area contributed by atoms with Gasteiger partial charge >= 0.3 is 6.18 Å². The van der Waals surface area contributed by atoms with Crippen molar-refractivity contribution in [2.24, 2.45) is 10.2 Å². The van der Waals surface area contributed by atoms with E-state index in [2.05, 4.69) is 21.1 Å². The fourth-order valence-electron chi connectivity index (χ4n) is 1.77. The molecule has 0 unspecified atom stereocenters. The highest BCUT2D eigenvalue weighted by Gasteiger charge is 2.27. The molecule has 0 heterocycles. The molecule has 0 aromatic heterocycles. The summed E-state index contributed by atoms with van der Waals surface area (Å²) in [6.07, 6.45) is -2.91. The predicted molar refractivity (Wildman–Crippen MR) is 106 cm³/mol. The topological polar surface area (TPSA) is 60.8 Å². The minimum atomic E-state index is -4.41. The van der Waals surface area contributed by atoms with Crippen LogP contribution in [0, 0.1) is 5.82 Å². The van der Waals surface area contributed by atoms with Crippen LogP contribution in [0.25, 0.3) is 0 Å². The van der Waals surface area contributed by atoms with Crippen LogP contribution in [0.15, 0.2) is 34.5 Å². The van der Waals surface area contributed by atoms with Gasteiger partial charge in [0.05, 0.1) is 10.7 Å². The van der Waals surface area contributed by atoms with Crippen LogP contribution >= 0.6 is 24.4 Å². The smallest absolute Gasteiger partial charge is 0.352 e. The normalized spacial score (nSPS) is 12.5. The molecule has 1 rings (SSSR count). The molecule has 0 saturated heterocycles. The minimum Gasteiger partial charge on any atom is -0.352 e. The van der Waals surface area contributed by atoms with Crippen LogP contribution in [0.4, 0.5) is 17.6 Å². The van der Waals surface area contributed by atoms with Crippen molar-refractivity contribution < 1.29 is 17.6 Å². The zero-order valence-corrected chi connectivity index (χ0v) is 16.3. The van der Waals surface area contributed by atoms with Crippen molar-refractivity contribution in [3.05, 3.63) is 35.6 Å². The van der Waals surface area contributed by atoms with Crippen LogP contribution in [-0.2, 0) is 0 Å². The summed E-state index contributed by atoms with van der Waals surface area (Å²) >= 11 is 9.88. The molecule has 11 heteroatoms. The van der Waals surface area contributed by atoms with Crippen molar-refractivity contribution in [2.45, 2.75) is 32.9 Å². The molecular weight excluding hydrogens is 402 g/mol. The molecule has 0 saturated carbocycles. The molecule has 0 aliphatic carbocycles. The summed E-state index contributed by atoms with van der Waals surface area (Å²) in [4.78, 5) is 0.533. The molecule has 27 heavy (non-hydrogen) atoms. The van der Waals surface area contributed by atoms with E-state index in [1.165, 1.54) is 24.3 Å². The first-order chi connectivity index (χ1) is 12.6. The predicted octanol–water partition coefficient (Wildman–Crippen LogP) is 3.65. The highest BCUT2D eigenvalue weighted by Crippen LogP contribution is 2.12. The first-order valence-corrected chi connectivity index (χ1v) is 8.71. The van der Waals surface area contributed by atoms with Gasteiger partial charge < -0.3 is 5.32 Å². The number of benzene rings is 1. The molecule has 0 radical (unpaired) electrons. The summed E-state index contributed by atoms with van der Waals surface area (Å²) in [6, 6.07) is 5.39. The van der Waals surface area contributed by atoms with Crippen molar-refractivity contribution in [3.63, 3.8) is 0 Å². The summed E-state index contributed by atoms with van der Waals surface area (Å²) in [6.45, 7) is 2.30. The lowest BCUT2D eigenvalue weighted by molar-refractivity contribution is -0.122. The van der Waals surface area contributed by atoms with Gasteiger partial charge in [-0.3, -0.25) is 10.9 Å². The van der Waals surface area contributed by atoms with Crippen LogP contribution in [0.3, 0.4) is 0 Å². The van der Waals surface area contributed by atoms with Gasteiger partial charge in [-0.1, -0.05) is 19.1 Å². The van der Waals surface area contributed by atoms with Crippen molar-refractivity contribution in [2.75, 3.05) is 6.54 Å². The SMILES string of the molecule is CCCC(=S)NN=C(C)C(=NNC(=S)NCC(F)(F)F)c1ccc(F)cc1. The first-order valence-electron chi connectivity index (χ1n) is 7.90. The highest BCUT2D eigenvalue weighted by atomic mass is 32.1. The summed E-state index contributed by atoms with van der Waals surface area (Å²) in [5.41, 5.74) is 6.19. The average Bonchev–Trinajstić information content (AvgIpc) is 2.59. The third-order valence-corrected chi connectivity index (χ3v) is 3.54. The molecule has 0 amide bonds. The van der Waals surface area contributed by atoms with Gasteiger partial charge in [-0.25, -0.2) is 4.39 Å². The van der Waals surface area contributed by atoms with Crippen LogP contribution in [0.5, 0.6) is 0 Å². The Hall–Kier alpha value is -2.14. The maximum atomic E-state index is 13.2. The largest absolute Gasteiger partial charge is 0.405 e. The number of alkyl halides is 3. The van der Waals surface area contributed by atoms with Crippen LogP contribution in [0.1, 0.15) is 32.3 Å². The standard InChI is InChI=1S/C16H19F4N5S2/c1-3-4-13(26)23-22-10(2)14(11-5-7-12(17)8-6-11)24-25-15(27)21-9-16(18,19)20/h5-8H,3-4,9H2,1-2H3,(H,23,26)(H2,21,25,27). The monoisotopic (exact) mass is 421 g/mol. The Morgan fingerprint density at radius 1 is 1.07 bits per heavy atom. The number of halogens is 4. The number of thiocarbonyl (C=S) groups is 2. The molecule has 0 aliphatic rings. The van der Waals surface area contributed by atoms with Gasteiger partial charge in [0.25, 0.3) is 0 Å². The first kappa shape index (κ1) is 22.9. The Morgan fingerprint density at radius 3 is 2.26 bits per heavy atom. The summed E-state index contributed by atoms with van der Waals surface area (Å²) in [7, 11) is 0. The van der Waals surface area contributed by atoms with Crippen LogP contribution in [-0.4, -0.2) is 34.2 Å². The van der Waals surface area contributed by atoms with Crippen LogP contribution in [0.2, 0.25) is 0 Å². The maximum absolute atomic E-state index is 13.2. The number of hydrazone groups is 2. The van der Waals surface area contributed by atoms with E-state index in [1.54, 1.807) is 6.92 Å². The second-order valence-electron chi connectivity index (χ2n) is 5.36. The summed E-state index contributed by atoms with van der Waals surface area (Å²) in [5.74, 6) is -0.440. The Balaban J connectivity index is 2.97.